The predicted molar refractivity (Wildman–Crippen MR) is 127 cm³/mol. The van der Waals surface area contributed by atoms with Crippen molar-refractivity contribution in [2.24, 2.45) is 5.92 Å². The molecule has 0 aromatic heterocycles. The molecule has 0 radical (unpaired) electrons. The topological polar surface area (TPSA) is 75.7 Å². The van der Waals surface area contributed by atoms with Crippen LogP contribution in [0.25, 0.3) is 0 Å². The zero-order valence-electron chi connectivity index (χ0n) is 18.2. The van der Waals surface area contributed by atoms with Crippen molar-refractivity contribution in [2.45, 2.75) is 45.1 Å². The van der Waals surface area contributed by atoms with E-state index >= 15 is 0 Å². The third-order valence-corrected chi connectivity index (χ3v) is 7.88. The number of halogens is 2. The van der Waals surface area contributed by atoms with Gasteiger partial charge < -0.3 is 10.1 Å². The molecule has 1 N–H and O–H groups in total. The van der Waals surface area contributed by atoms with Gasteiger partial charge in [0.15, 0.2) is 0 Å². The highest BCUT2D eigenvalue weighted by atomic mass is 35.5. The number of carbonyl (C=O) groups excluding carboxylic acids is 1. The Labute approximate surface area is 199 Å². The number of nitrogens with zero attached hydrogens (tertiary/aromatic N) is 1. The molecule has 1 heterocycles. The van der Waals surface area contributed by atoms with E-state index in [1.807, 2.05) is 38.1 Å². The molecular weight excluding hydrogens is 471 g/mol. The van der Waals surface area contributed by atoms with Crippen LogP contribution >= 0.6 is 23.2 Å². The van der Waals surface area contributed by atoms with E-state index < -0.39 is 10.0 Å². The second kappa shape index (κ2) is 10.9. The summed E-state index contributed by atoms with van der Waals surface area (Å²) in [5.74, 6) is 0.366. The van der Waals surface area contributed by atoms with Crippen molar-refractivity contribution in [3.05, 3.63) is 63.6 Å². The lowest BCUT2D eigenvalue weighted by atomic mass is 9.97. The third-order valence-electron chi connectivity index (χ3n) is 5.29. The van der Waals surface area contributed by atoms with Crippen molar-refractivity contribution in [2.75, 3.05) is 13.1 Å². The monoisotopic (exact) mass is 498 g/mol. The first-order valence-corrected chi connectivity index (χ1v) is 13.0. The predicted octanol–water partition coefficient (Wildman–Crippen LogP) is 4.64. The number of hydrogen-bond acceptors (Lipinski definition) is 4. The second-order valence-corrected chi connectivity index (χ2v) is 11.0. The number of hydrogen-bond donors (Lipinski definition) is 1. The van der Waals surface area contributed by atoms with Gasteiger partial charge in [-0.1, -0.05) is 41.4 Å². The van der Waals surface area contributed by atoms with E-state index in [1.54, 1.807) is 18.2 Å². The fourth-order valence-electron chi connectivity index (χ4n) is 3.66. The van der Waals surface area contributed by atoms with Gasteiger partial charge in [0.05, 0.1) is 21.9 Å². The summed E-state index contributed by atoms with van der Waals surface area (Å²) in [5.41, 5.74) is 1.54. The van der Waals surface area contributed by atoms with Crippen LogP contribution in [0.1, 0.15) is 37.8 Å². The van der Waals surface area contributed by atoms with E-state index in [0.29, 0.717) is 48.1 Å². The van der Waals surface area contributed by atoms with Gasteiger partial charge in [-0.3, -0.25) is 4.79 Å². The Morgan fingerprint density at radius 3 is 2.47 bits per heavy atom. The van der Waals surface area contributed by atoms with Crippen LogP contribution in [0.4, 0.5) is 0 Å². The molecule has 9 heteroatoms. The number of piperidine rings is 1. The highest BCUT2D eigenvalue weighted by Gasteiger charge is 2.31. The zero-order chi connectivity index (χ0) is 23.3. The van der Waals surface area contributed by atoms with Crippen molar-refractivity contribution in [3.63, 3.8) is 0 Å². The molecule has 1 aliphatic heterocycles. The van der Waals surface area contributed by atoms with Gasteiger partial charge in [-0.05, 0) is 62.1 Å². The average Bonchev–Trinajstić information content (AvgIpc) is 2.74. The molecule has 1 saturated heterocycles. The van der Waals surface area contributed by atoms with Gasteiger partial charge in [0.25, 0.3) is 0 Å². The van der Waals surface area contributed by atoms with E-state index in [0.717, 1.165) is 11.3 Å². The lowest BCUT2D eigenvalue weighted by Gasteiger charge is -2.30. The van der Waals surface area contributed by atoms with Crippen molar-refractivity contribution < 1.29 is 17.9 Å². The van der Waals surface area contributed by atoms with Crippen LogP contribution in [-0.4, -0.2) is 37.8 Å². The molecule has 6 nitrogen and oxygen atoms in total. The Morgan fingerprint density at radius 1 is 1.09 bits per heavy atom. The fourth-order valence-corrected chi connectivity index (χ4v) is 5.53. The molecule has 0 spiro atoms. The minimum absolute atomic E-state index is 0.0540. The molecule has 1 fully saturated rings. The molecule has 0 unspecified atom stereocenters. The van der Waals surface area contributed by atoms with Crippen LogP contribution in [-0.2, 0) is 27.1 Å². The minimum atomic E-state index is -3.50. The van der Waals surface area contributed by atoms with E-state index in [1.165, 1.54) is 4.31 Å². The SMILES string of the molecule is CC(C)Oc1cccc(CNC(=O)C2CCN(S(=O)(=O)Cc3ccc(Cl)c(Cl)c3)CC2)c1. The van der Waals surface area contributed by atoms with Gasteiger partial charge in [-0.25, -0.2) is 12.7 Å². The highest BCUT2D eigenvalue weighted by molar-refractivity contribution is 7.88. The van der Waals surface area contributed by atoms with E-state index in [2.05, 4.69) is 5.32 Å². The first kappa shape index (κ1) is 24.8. The summed E-state index contributed by atoms with van der Waals surface area (Å²) in [6.07, 6.45) is 1.06. The van der Waals surface area contributed by atoms with Crippen LogP contribution in [0.5, 0.6) is 5.75 Å². The van der Waals surface area contributed by atoms with Crippen LogP contribution in [0.15, 0.2) is 42.5 Å². The van der Waals surface area contributed by atoms with Gasteiger partial charge in [0.2, 0.25) is 15.9 Å². The zero-order valence-corrected chi connectivity index (χ0v) is 20.5. The van der Waals surface area contributed by atoms with Crippen LogP contribution in [0, 0.1) is 5.92 Å². The van der Waals surface area contributed by atoms with Gasteiger partial charge in [0.1, 0.15) is 5.75 Å². The number of ether oxygens (including phenoxy) is 1. The Balaban J connectivity index is 1.50. The Kier molecular flexibility index (Phi) is 8.44. The van der Waals surface area contributed by atoms with Crippen LogP contribution in [0.3, 0.4) is 0 Å². The van der Waals surface area contributed by atoms with E-state index in [-0.39, 0.29) is 23.7 Å². The summed E-state index contributed by atoms with van der Waals surface area (Å²) in [6, 6.07) is 12.5. The van der Waals surface area contributed by atoms with Crippen molar-refractivity contribution in [1.82, 2.24) is 9.62 Å². The molecule has 0 aliphatic carbocycles. The normalized spacial score (nSPS) is 15.7. The smallest absolute Gasteiger partial charge is 0.223 e. The molecule has 1 amide bonds. The summed E-state index contributed by atoms with van der Waals surface area (Å²) in [6.45, 7) is 4.97. The quantitative estimate of drug-likeness (QED) is 0.575. The molecule has 2 aromatic carbocycles. The first-order valence-electron chi connectivity index (χ1n) is 10.6. The molecule has 174 valence electrons. The fraction of sp³-hybridized carbons (Fsp3) is 0.435. The highest BCUT2D eigenvalue weighted by Crippen LogP contribution is 2.26. The standard InChI is InChI=1S/C23H28Cl2N2O4S/c1-16(2)31-20-5-3-4-17(12-20)14-26-23(28)19-8-10-27(11-9-19)32(29,30)15-18-6-7-21(24)22(25)13-18/h3-7,12-13,16,19H,8-11,14-15H2,1-2H3,(H,26,28). The molecule has 1 aliphatic rings. The minimum Gasteiger partial charge on any atom is -0.491 e. The average molecular weight is 499 g/mol. The van der Waals surface area contributed by atoms with Crippen LogP contribution < -0.4 is 10.1 Å². The second-order valence-electron chi connectivity index (χ2n) is 8.21. The molecule has 0 saturated carbocycles. The van der Waals surface area contributed by atoms with Crippen molar-refractivity contribution in [3.8, 4) is 5.75 Å². The van der Waals surface area contributed by atoms with Gasteiger partial charge in [-0.2, -0.15) is 0 Å². The summed E-state index contributed by atoms with van der Waals surface area (Å²) in [7, 11) is -3.50. The van der Waals surface area contributed by atoms with Crippen molar-refractivity contribution >= 4 is 39.1 Å². The molecule has 3 rings (SSSR count). The van der Waals surface area contributed by atoms with E-state index in [9.17, 15) is 13.2 Å². The molecule has 2 aromatic rings. The molecular formula is C23H28Cl2N2O4S. The molecule has 32 heavy (non-hydrogen) atoms. The summed E-state index contributed by atoms with van der Waals surface area (Å²) in [5, 5.41) is 3.68. The summed E-state index contributed by atoms with van der Waals surface area (Å²) in [4.78, 5) is 12.6. The van der Waals surface area contributed by atoms with Crippen LogP contribution in [0.2, 0.25) is 10.0 Å². The lowest BCUT2D eigenvalue weighted by Crippen LogP contribution is -2.43. The first-order chi connectivity index (χ1) is 15.1. The van der Waals surface area contributed by atoms with Gasteiger partial charge in [0, 0.05) is 25.6 Å². The number of sulfonamides is 1. The number of carbonyl (C=O) groups is 1. The lowest BCUT2D eigenvalue weighted by molar-refractivity contribution is -0.126. The Hall–Kier alpha value is -1.80. The maximum atomic E-state index is 12.8. The Bertz CT molecular complexity index is 1050. The number of nitrogens with one attached hydrogen (secondary N) is 1. The number of rotatable bonds is 8. The maximum absolute atomic E-state index is 12.8. The Morgan fingerprint density at radius 2 is 1.81 bits per heavy atom. The third kappa shape index (κ3) is 6.85. The van der Waals surface area contributed by atoms with Gasteiger partial charge in [-0.15, -0.1) is 0 Å². The van der Waals surface area contributed by atoms with Gasteiger partial charge >= 0.3 is 0 Å². The largest absolute Gasteiger partial charge is 0.491 e. The maximum Gasteiger partial charge on any atom is 0.223 e. The number of amides is 1. The molecule has 0 atom stereocenters. The molecule has 0 bridgehead atoms. The summed E-state index contributed by atoms with van der Waals surface area (Å²) >= 11 is 11.9. The number of benzene rings is 2. The van der Waals surface area contributed by atoms with E-state index in [4.69, 9.17) is 27.9 Å². The summed E-state index contributed by atoms with van der Waals surface area (Å²) < 4.78 is 32.7. The van der Waals surface area contributed by atoms with Crippen molar-refractivity contribution in [1.29, 1.82) is 0 Å².